The summed E-state index contributed by atoms with van der Waals surface area (Å²) in [6.45, 7) is 2.63. The van der Waals surface area contributed by atoms with Crippen molar-refractivity contribution in [2.75, 3.05) is 0 Å². The number of rotatable bonds is 4. The van der Waals surface area contributed by atoms with E-state index in [1.54, 1.807) is 29.1 Å². The van der Waals surface area contributed by atoms with Crippen LogP contribution in [0.2, 0.25) is 0 Å². The Labute approximate surface area is 118 Å². The highest BCUT2D eigenvalue weighted by Crippen LogP contribution is 2.16. The summed E-state index contributed by atoms with van der Waals surface area (Å²) >= 11 is 3.30. The Bertz CT molecular complexity index is 634. The average Bonchev–Trinajstić information content (AvgIpc) is 2.77. The van der Waals surface area contributed by atoms with E-state index >= 15 is 0 Å². The number of halogens is 2. The number of aryl methyl sites for hydroxylation is 1. The molecule has 0 unspecified atom stereocenters. The van der Waals surface area contributed by atoms with Gasteiger partial charge in [-0.1, -0.05) is 18.2 Å². The van der Waals surface area contributed by atoms with E-state index in [0.717, 1.165) is 0 Å². The van der Waals surface area contributed by atoms with E-state index in [1.807, 2.05) is 6.92 Å². The van der Waals surface area contributed by atoms with Gasteiger partial charge in [0.1, 0.15) is 11.5 Å². The molecule has 1 aromatic carbocycles. The minimum Gasteiger partial charge on any atom is -0.287 e. The van der Waals surface area contributed by atoms with Crippen LogP contribution in [-0.4, -0.2) is 15.6 Å². The molecule has 0 spiro atoms. The number of ketones is 1. The van der Waals surface area contributed by atoms with Crippen LogP contribution in [0.1, 0.15) is 23.0 Å². The van der Waals surface area contributed by atoms with Crippen molar-refractivity contribution >= 4 is 27.8 Å². The molecule has 3 nitrogen and oxygen atoms in total. The molecule has 0 fully saturated rings. The molecule has 2 aromatic rings. The molecule has 1 heterocycles. The molecule has 0 N–H and O–H groups in total. The molecule has 0 saturated heterocycles. The second kappa shape index (κ2) is 5.93. The van der Waals surface area contributed by atoms with Crippen molar-refractivity contribution in [3.8, 4) is 0 Å². The molecular formula is C14H12BrFN2O. The molecule has 0 amide bonds. The van der Waals surface area contributed by atoms with Gasteiger partial charge < -0.3 is 0 Å². The van der Waals surface area contributed by atoms with Gasteiger partial charge in [0.2, 0.25) is 5.78 Å². The Morgan fingerprint density at radius 3 is 2.95 bits per heavy atom. The summed E-state index contributed by atoms with van der Waals surface area (Å²) in [7, 11) is 0. The molecule has 19 heavy (non-hydrogen) atoms. The van der Waals surface area contributed by atoms with E-state index < -0.39 is 0 Å². The van der Waals surface area contributed by atoms with Crippen LogP contribution in [0.25, 0.3) is 6.08 Å². The predicted octanol–water partition coefficient (Wildman–Crippen LogP) is 3.70. The maximum Gasteiger partial charge on any atom is 0.207 e. The van der Waals surface area contributed by atoms with Crippen LogP contribution in [0.15, 0.2) is 41.0 Å². The summed E-state index contributed by atoms with van der Waals surface area (Å²) in [5.74, 6) is -0.547. The number of benzene rings is 1. The largest absolute Gasteiger partial charge is 0.287 e. The van der Waals surface area contributed by atoms with Gasteiger partial charge in [-0.2, -0.15) is 5.10 Å². The Hall–Kier alpha value is -1.75. The number of hydrogen-bond donors (Lipinski definition) is 0. The van der Waals surface area contributed by atoms with Crippen LogP contribution in [0, 0.1) is 5.82 Å². The zero-order valence-electron chi connectivity index (χ0n) is 10.3. The summed E-state index contributed by atoms with van der Waals surface area (Å²) in [5.41, 5.74) is 0.994. The molecule has 0 bridgehead atoms. The van der Waals surface area contributed by atoms with Crippen LogP contribution in [0.3, 0.4) is 0 Å². The minimum atomic E-state index is -0.328. The third-order valence-corrected chi connectivity index (χ3v) is 3.13. The summed E-state index contributed by atoms with van der Waals surface area (Å²) in [4.78, 5) is 12.0. The molecule has 0 aliphatic heterocycles. The van der Waals surface area contributed by atoms with Crippen molar-refractivity contribution in [1.82, 2.24) is 9.78 Å². The highest BCUT2D eigenvalue weighted by atomic mass is 79.9. The monoisotopic (exact) mass is 322 g/mol. The molecule has 0 saturated carbocycles. The highest BCUT2D eigenvalue weighted by molar-refractivity contribution is 9.10. The first kappa shape index (κ1) is 13.7. The van der Waals surface area contributed by atoms with Crippen molar-refractivity contribution in [2.24, 2.45) is 0 Å². The zero-order chi connectivity index (χ0) is 13.8. The Balaban J connectivity index is 2.18. The van der Waals surface area contributed by atoms with Gasteiger partial charge in [-0.05, 0) is 46.6 Å². The maximum absolute atomic E-state index is 13.0. The Kier molecular flexibility index (Phi) is 4.27. The second-order valence-electron chi connectivity index (χ2n) is 3.93. The van der Waals surface area contributed by atoms with Crippen LogP contribution in [-0.2, 0) is 6.54 Å². The first-order chi connectivity index (χ1) is 9.10. The normalized spacial score (nSPS) is 11.1. The molecule has 0 atom stereocenters. The summed E-state index contributed by atoms with van der Waals surface area (Å²) in [5, 5.41) is 4.15. The quantitative estimate of drug-likeness (QED) is 0.635. The molecule has 1 aromatic heterocycles. The van der Waals surface area contributed by atoms with Crippen molar-refractivity contribution < 1.29 is 9.18 Å². The molecule has 0 radical (unpaired) electrons. The lowest BCUT2D eigenvalue weighted by molar-refractivity contribution is 0.104. The lowest BCUT2D eigenvalue weighted by atomic mass is 10.2. The molecule has 2 rings (SSSR count). The average molecular weight is 323 g/mol. The Morgan fingerprint density at radius 1 is 1.53 bits per heavy atom. The number of carbonyl (C=O) groups excluding carboxylic acids is 1. The minimum absolute atomic E-state index is 0.219. The van der Waals surface area contributed by atoms with Crippen molar-refractivity contribution in [1.29, 1.82) is 0 Å². The molecule has 5 heteroatoms. The Morgan fingerprint density at radius 2 is 2.32 bits per heavy atom. The number of carbonyl (C=O) groups is 1. The van der Waals surface area contributed by atoms with E-state index in [1.165, 1.54) is 18.2 Å². The van der Waals surface area contributed by atoms with Crippen molar-refractivity contribution in [3.05, 3.63) is 58.1 Å². The van der Waals surface area contributed by atoms with Crippen LogP contribution in [0.4, 0.5) is 4.39 Å². The molecular weight excluding hydrogens is 311 g/mol. The van der Waals surface area contributed by atoms with Crippen LogP contribution >= 0.6 is 15.9 Å². The lowest BCUT2D eigenvalue weighted by Gasteiger charge is -1.94. The number of aromatic nitrogens is 2. The summed E-state index contributed by atoms with van der Waals surface area (Å²) in [6, 6.07) is 6.05. The van der Waals surface area contributed by atoms with Gasteiger partial charge in [0.15, 0.2) is 0 Å². The predicted molar refractivity (Wildman–Crippen MR) is 75.4 cm³/mol. The van der Waals surface area contributed by atoms with Gasteiger partial charge in [0.25, 0.3) is 0 Å². The highest BCUT2D eigenvalue weighted by Gasteiger charge is 2.11. The third kappa shape index (κ3) is 3.38. The van der Waals surface area contributed by atoms with E-state index in [2.05, 4.69) is 21.0 Å². The second-order valence-corrected chi connectivity index (χ2v) is 4.79. The van der Waals surface area contributed by atoms with E-state index in [0.29, 0.717) is 22.3 Å². The molecule has 0 aliphatic carbocycles. The van der Waals surface area contributed by atoms with Gasteiger partial charge in [0.05, 0.1) is 4.47 Å². The first-order valence-corrected chi connectivity index (χ1v) is 6.60. The van der Waals surface area contributed by atoms with Crippen LogP contribution < -0.4 is 0 Å². The fourth-order valence-corrected chi connectivity index (χ4v) is 2.10. The standard InChI is InChI=1S/C14H12BrFN2O/c1-2-18-9-12(15)14(17-18)13(19)7-6-10-4-3-5-11(16)8-10/h3-9H,2H2,1H3. The molecule has 0 aliphatic rings. The maximum atomic E-state index is 13.0. The van der Waals surface area contributed by atoms with Crippen LogP contribution in [0.5, 0.6) is 0 Å². The smallest absolute Gasteiger partial charge is 0.207 e. The van der Waals surface area contributed by atoms with Gasteiger partial charge in [-0.15, -0.1) is 0 Å². The van der Waals surface area contributed by atoms with Gasteiger partial charge >= 0.3 is 0 Å². The summed E-state index contributed by atoms with van der Waals surface area (Å²) < 4.78 is 15.3. The fraction of sp³-hybridized carbons (Fsp3) is 0.143. The topological polar surface area (TPSA) is 34.9 Å². The van der Waals surface area contributed by atoms with Crippen molar-refractivity contribution in [3.63, 3.8) is 0 Å². The number of nitrogens with zero attached hydrogens (tertiary/aromatic N) is 2. The summed E-state index contributed by atoms with van der Waals surface area (Å²) in [6.07, 6.45) is 4.72. The third-order valence-electron chi connectivity index (χ3n) is 2.55. The van der Waals surface area contributed by atoms with Gasteiger partial charge in [-0.3, -0.25) is 9.48 Å². The SMILES string of the molecule is CCn1cc(Br)c(C(=O)C=Cc2cccc(F)c2)n1. The van der Waals surface area contributed by atoms with Gasteiger partial charge in [0, 0.05) is 12.7 Å². The van der Waals surface area contributed by atoms with Gasteiger partial charge in [-0.25, -0.2) is 4.39 Å². The zero-order valence-corrected chi connectivity index (χ0v) is 11.9. The van der Waals surface area contributed by atoms with E-state index in [9.17, 15) is 9.18 Å². The first-order valence-electron chi connectivity index (χ1n) is 5.81. The van der Waals surface area contributed by atoms with E-state index in [4.69, 9.17) is 0 Å². The lowest BCUT2D eigenvalue weighted by Crippen LogP contribution is -2.00. The van der Waals surface area contributed by atoms with Crippen molar-refractivity contribution in [2.45, 2.75) is 13.5 Å². The van der Waals surface area contributed by atoms with E-state index in [-0.39, 0.29) is 11.6 Å². The number of allylic oxidation sites excluding steroid dienone is 1. The fourth-order valence-electron chi connectivity index (χ4n) is 1.59. The number of hydrogen-bond acceptors (Lipinski definition) is 2. The molecule has 98 valence electrons.